The highest BCUT2D eigenvalue weighted by Gasteiger charge is 2.10. The number of benzene rings is 1. The lowest BCUT2D eigenvalue weighted by molar-refractivity contribution is -0.137. The van der Waals surface area contributed by atoms with Crippen LogP contribution >= 0.6 is 11.3 Å². The molecule has 106 valence electrons. The van der Waals surface area contributed by atoms with E-state index in [1.54, 1.807) is 18.6 Å². The van der Waals surface area contributed by atoms with Crippen molar-refractivity contribution in [2.24, 2.45) is 0 Å². The summed E-state index contributed by atoms with van der Waals surface area (Å²) in [7, 11) is 1.64. The number of hydrogen-bond donors (Lipinski definition) is 2. The second-order valence-corrected chi connectivity index (χ2v) is 5.27. The van der Waals surface area contributed by atoms with E-state index in [1.165, 1.54) is 16.2 Å². The molecule has 0 radical (unpaired) electrons. The van der Waals surface area contributed by atoms with Crippen molar-refractivity contribution in [3.63, 3.8) is 0 Å². The van der Waals surface area contributed by atoms with Gasteiger partial charge in [0.05, 0.1) is 15.7 Å². The molecule has 1 heterocycles. The molecule has 0 bridgehead atoms. The molecule has 0 saturated carbocycles. The molecule has 2 rings (SSSR count). The molecule has 2 N–H and O–H groups in total. The number of urea groups is 1. The topological polar surface area (TPSA) is 82.5 Å². The van der Waals surface area contributed by atoms with Gasteiger partial charge in [0.2, 0.25) is 0 Å². The minimum atomic E-state index is -0.852. The van der Waals surface area contributed by atoms with Crippen LogP contribution in [-0.2, 0) is 4.79 Å². The number of amides is 2. The summed E-state index contributed by atoms with van der Waals surface area (Å²) in [5.41, 5.74) is 3.37. The maximum absolute atomic E-state index is 11.9. The Bertz CT molecular complexity index is 626. The van der Waals surface area contributed by atoms with Gasteiger partial charge in [0.1, 0.15) is 0 Å². The minimum absolute atomic E-state index is 0.0600. The van der Waals surface area contributed by atoms with E-state index in [0.29, 0.717) is 18.7 Å². The van der Waals surface area contributed by atoms with Crippen LogP contribution < -0.4 is 5.32 Å². The number of aliphatic carboxylic acids is 1. The molecule has 1 aromatic carbocycles. The average molecular weight is 293 g/mol. The molecule has 7 heteroatoms. The van der Waals surface area contributed by atoms with Gasteiger partial charge in [-0.2, -0.15) is 0 Å². The van der Waals surface area contributed by atoms with E-state index in [-0.39, 0.29) is 12.5 Å². The summed E-state index contributed by atoms with van der Waals surface area (Å²) in [4.78, 5) is 28.0. The molecular weight excluding hydrogens is 278 g/mol. The quantitative estimate of drug-likeness (QED) is 0.887. The molecule has 2 aromatic rings. The first-order valence-corrected chi connectivity index (χ1v) is 7.01. The van der Waals surface area contributed by atoms with Gasteiger partial charge < -0.3 is 15.3 Å². The number of nitrogens with zero attached hydrogens (tertiary/aromatic N) is 2. The summed E-state index contributed by atoms with van der Waals surface area (Å²) >= 11 is 1.51. The van der Waals surface area contributed by atoms with Gasteiger partial charge in [-0.15, -0.1) is 11.3 Å². The smallest absolute Gasteiger partial charge is 0.321 e. The van der Waals surface area contributed by atoms with Gasteiger partial charge in [-0.05, 0) is 24.6 Å². The van der Waals surface area contributed by atoms with E-state index in [1.807, 2.05) is 12.1 Å². The maximum Gasteiger partial charge on any atom is 0.321 e. The Morgan fingerprint density at radius 3 is 3.00 bits per heavy atom. The van der Waals surface area contributed by atoms with E-state index in [0.717, 1.165) is 10.2 Å². The Morgan fingerprint density at radius 1 is 1.45 bits per heavy atom. The van der Waals surface area contributed by atoms with Crippen LogP contribution in [0.1, 0.15) is 12.8 Å². The molecule has 0 atom stereocenters. The molecule has 6 nitrogen and oxygen atoms in total. The number of fused-ring (bicyclic) bond motifs is 1. The fourth-order valence-electron chi connectivity index (χ4n) is 1.72. The molecule has 0 saturated heterocycles. The van der Waals surface area contributed by atoms with Gasteiger partial charge in [-0.3, -0.25) is 4.79 Å². The van der Waals surface area contributed by atoms with Crippen LogP contribution in [0.4, 0.5) is 10.5 Å². The predicted octanol–water partition coefficient (Wildman–Crippen LogP) is 2.62. The van der Waals surface area contributed by atoms with Gasteiger partial charge in [-0.25, -0.2) is 9.78 Å². The third-order valence-electron chi connectivity index (χ3n) is 2.81. The zero-order valence-electron chi connectivity index (χ0n) is 11.0. The van der Waals surface area contributed by atoms with Gasteiger partial charge in [0.15, 0.2) is 0 Å². The maximum atomic E-state index is 11.9. The molecule has 2 amide bonds. The summed E-state index contributed by atoms with van der Waals surface area (Å²) in [6.07, 6.45) is 0.498. The van der Waals surface area contributed by atoms with Crippen LogP contribution in [0.2, 0.25) is 0 Å². The SMILES string of the molecule is CN(CCCC(=O)O)C(=O)Nc1ccc2ncsc2c1. The number of aromatic nitrogens is 1. The van der Waals surface area contributed by atoms with E-state index in [4.69, 9.17) is 5.11 Å². The van der Waals surface area contributed by atoms with E-state index in [9.17, 15) is 9.59 Å². The average Bonchev–Trinajstić information content (AvgIpc) is 2.85. The molecule has 20 heavy (non-hydrogen) atoms. The third kappa shape index (κ3) is 3.67. The Hall–Kier alpha value is -2.15. The Morgan fingerprint density at radius 2 is 2.25 bits per heavy atom. The zero-order chi connectivity index (χ0) is 14.5. The van der Waals surface area contributed by atoms with Crippen molar-refractivity contribution in [1.29, 1.82) is 0 Å². The van der Waals surface area contributed by atoms with Crippen LogP contribution in [0.25, 0.3) is 10.2 Å². The van der Waals surface area contributed by atoms with Crippen molar-refractivity contribution < 1.29 is 14.7 Å². The molecule has 0 aliphatic rings. The predicted molar refractivity (Wildman–Crippen MR) is 78.1 cm³/mol. The lowest BCUT2D eigenvalue weighted by atomic mass is 10.3. The normalized spacial score (nSPS) is 10.4. The van der Waals surface area contributed by atoms with Gasteiger partial charge in [0, 0.05) is 25.7 Å². The minimum Gasteiger partial charge on any atom is -0.481 e. The molecular formula is C13H15N3O3S. The Kier molecular flexibility index (Phi) is 4.52. The highest BCUT2D eigenvalue weighted by atomic mass is 32.1. The highest BCUT2D eigenvalue weighted by molar-refractivity contribution is 7.16. The van der Waals surface area contributed by atoms with Crippen molar-refractivity contribution in [1.82, 2.24) is 9.88 Å². The van der Waals surface area contributed by atoms with Crippen LogP contribution in [0.5, 0.6) is 0 Å². The first-order valence-electron chi connectivity index (χ1n) is 6.13. The Labute approximate surface area is 120 Å². The summed E-state index contributed by atoms with van der Waals surface area (Å²) in [5, 5.41) is 11.3. The van der Waals surface area contributed by atoms with Gasteiger partial charge in [-0.1, -0.05) is 0 Å². The number of rotatable bonds is 5. The van der Waals surface area contributed by atoms with Crippen molar-refractivity contribution in [2.45, 2.75) is 12.8 Å². The monoisotopic (exact) mass is 293 g/mol. The molecule has 1 aromatic heterocycles. The molecule has 0 unspecified atom stereocenters. The van der Waals surface area contributed by atoms with Crippen molar-refractivity contribution in [2.75, 3.05) is 18.9 Å². The summed E-state index contributed by atoms with van der Waals surface area (Å²) in [6.45, 7) is 0.404. The fraction of sp³-hybridized carbons (Fsp3) is 0.308. The number of anilines is 1. The van der Waals surface area contributed by atoms with E-state index >= 15 is 0 Å². The van der Waals surface area contributed by atoms with Crippen LogP contribution in [0.3, 0.4) is 0 Å². The second-order valence-electron chi connectivity index (χ2n) is 4.38. The lowest BCUT2D eigenvalue weighted by Crippen LogP contribution is -2.32. The number of carboxylic acids is 1. The largest absolute Gasteiger partial charge is 0.481 e. The lowest BCUT2D eigenvalue weighted by Gasteiger charge is -2.17. The number of carboxylic acid groups (broad SMARTS) is 1. The zero-order valence-corrected chi connectivity index (χ0v) is 11.8. The first kappa shape index (κ1) is 14.3. The van der Waals surface area contributed by atoms with Crippen LogP contribution in [0, 0.1) is 0 Å². The number of carbonyl (C=O) groups excluding carboxylic acids is 1. The molecule has 0 aliphatic heterocycles. The van der Waals surface area contributed by atoms with Gasteiger partial charge >= 0.3 is 12.0 Å². The number of carbonyl (C=O) groups is 2. The van der Waals surface area contributed by atoms with Gasteiger partial charge in [0.25, 0.3) is 0 Å². The second kappa shape index (κ2) is 6.33. The standard InChI is InChI=1S/C13H15N3O3S/c1-16(6-2-3-12(17)18)13(19)15-9-4-5-10-11(7-9)20-8-14-10/h4-5,7-8H,2-3,6H2,1H3,(H,15,19)(H,17,18). The van der Waals surface area contributed by atoms with Crippen LogP contribution in [0.15, 0.2) is 23.7 Å². The van der Waals surface area contributed by atoms with E-state index in [2.05, 4.69) is 10.3 Å². The highest BCUT2D eigenvalue weighted by Crippen LogP contribution is 2.21. The number of hydrogen-bond acceptors (Lipinski definition) is 4. The summed E-state index contributed by atoms with van der Waals surface area (Å²) in [6, 6.07) is 5.27. The van der Waals surface area contributed by atoms with E-state index < -0.39 is 5.97 Å². The summed E-state index contributed by atoms with van der Waals surface area (Å²) < 4.78 is 1.01. The van der Waals surface area contributed by atoms with Crippen molar-refractivity contribution in [3.05, 3.63) is 23.7 Å². The molecule has 0 fully saturated rings. The van der Waals surface area contributed by atoms with Crippen molar-refractivity contribution >= 4 is 39.2 Å². The number of nitrogens with one attached hydrogen (secondary N) is 1. The summed E-state index contributed by atoms with van der Waals surface area (Å²) in [5.74, 6) is -0.852. The Balaban J connectivity index is 1.91. The molecule has 0 spiro atoms. The third-order valence-corrected chi connectivity index (χ3v) is 3.61. The van der Waals surface area contributed by atoms with Crippen molar-refractivity contribution in [3.8, 4) is 0 Å². The first-order chi connectivity index (χ1) is 9.56. The molecule has 0 aliphatic carbocycles. The number of thiazole rings is 1. The van der Waals surface area contributed by atoms with Crippen LogP contribution in [-0.4, -0.2) is 40.6 Å². The fourth-order valence-corrected chi connectivity index (χ4v) is 2.44.